The van der Waals surface area contributed by atoms with Crippen molar-refractivity contribution in [3.63, 3.8) is 0 Å². The van der Waals surface area contributed by atoms with Crippen molar-refractivity contribution in [2.24, 2.45) is 5.41 Å². The third-order valence-electron chi connectivity index (χ3n) is 1.73. The molecule has 1 unspecified atom stereocenters. The van der Waals surface area contributed by atoms with E-state index in [2.05, 4.69) is 5.32 Å². The van der Waals surface area contributed by atoms with Gasteiger partial charge in [-0.3, -0.25) is 4.79 Å². The molecule has 0 radical (unpaired) electrons. The van der Waals surface area contributed by atoms with Gasteiger partial charge in [0.15, 0.2) is 0 Å². The lowest BCUT2D eigenvalue weighted by Crippen LogP contribution is -2.40. The van der Waals surface area contributed by atoms with Crippen molar-refractivity contribution in [3.05, 3.63) is 12.2 Å². The highest BCUT2D eigenvalue weighted by atomic mass is 16.4. The Morgan fingerprint density at radius 1 is 1.80 bits per heavy atom. The summed E-state index contributed by atoms with van der Waals surface area (Å²) in [5, 5.41) is 11.7. The summed E-state index contributed by atoms with van der Waals surface area (Å²) in [6.45, 7) is 3.01. The molecule has 0 spiro atoms. The SMILES string of the molecule is CC1(C(=O)O)C=CCNC1. The lowest BCUT2D eigenvalue weighted by molar-refractivity contribution is -0.145. The van der Waals surface area contributed by atoms with Crippen LogP contribution in [0.4, 0.5) is 0 Å². The summed E-state index contributed by atoms with van der Waals surface area (Å²) in [5.74, 6) is -0.768. The van der Waals surface area contributed by atoms with Gasteiger partial charge in [0.25, 0.3) is 0 Å². The lowest BCUT2D eigenvalue weighted by atomic mass is 9.88. The third kappa shape index (κ3) is 1.19. The quantitative estimate of drug-likeness (QED) is 0.514. The zero-order valence-electron chi connectivity index (χ0n) is 5.92. The molecule has 1 atom stereocenters. The molecule has 0 aromatic carbocycles. The van der Waals surface area contributed by atoms with Gasteiger partial charge >= 0.3 is 5.97 Å². The fraction of sp³-hybridized carbons (Fsp3) is 0.571. The summed E-state index contributed by atoms with van der Waals surface area (Å²) in [4.78, 5) is 10.6. The van der Waals surface area contributed by atoms with Crippen LogP contribution < -0.4 is 5.32 Å². The second kappa shape index (κ2) is 2.42. The Hall–Kier alpha value is -0.830. The fourth-order valence-electron chi connectivity index (χ4n) is 0.940. The monoisotopic (exact) mass is 141 g/mol. The van der Waals surface area contributed by atoms with Crippen LogP contribution >= 0.6 is 0 Å². The molecule has 10 heavy (non-hydrogen) atoms. The molecular weight excluding hydrogens is 130 g/mol. The van der Waals surface area contributed by atoms with E-state index in [1.807, 2.05) is 6.08 Å². The van der Waals surface area contributed by atoms with Crippen LogP contribution in [0.3, 0.4) is 0 Å². The van der Waals surface area contributed by atoms with E-state index in [0.717, 1.165) is 6.54 Å². The van der Waals surface area contributed by atoms with E-state index in [0.29, 0.717) is 6.54 Å². The Bertz CT molecular complexity index is 176. The predicted molar refractivity (Wildman–Crippen MR) is 37.8 cm³/mol. The molecular formula is C7H11NO2. The molecule has 2 N–H and O–H groups in total. The number of carboxylic acids is 1. The molecule has 1 rings (SSSR count). The third-order valence-corrected chi connectivity index (χ3v) is 1.73. The standard InChI is InChI=1S/C7H11NO2/c1-7(6(9)10)3-2-4-8-5-7/h2-3,8H,4-5H2,1H3,(H,9,10). The van der Waals surface area contributed by atoms with E-state index in [-0.39, 0.29) is 0 Å². The minimum atomic E-state index is -0.768. The maximum Gasteiger partial charge on any atom is 0.314 e. The molecule has 0 bridgehead atoms. The molecule has 0 amide bonds. The number of aliphatic carboxylic acids is 1. The minimum Gasteiger partial charge on any atom is -0.481 e. The van der Waals surface area contributed by atoms with Gasteiger partial charge in [-0.1, -0.05) is 12.2 Å². The smallest absolute Gasteiger partial charge is 0.314 e. The van der Waals surface area contributed by atoms with Crippen molar-refractivity contribution in [2.45, 2.75) is 6.92 Å². The molecule has 0 saturated carbocycles. The van der Waals surface area contributed by atoms with Gasteiger partial charge in [-0.15, -0.1) is 0 Å². The van der Waals surface area contributed by atoms with Gasteiger partial charge in [0.1, 0.15) is 0 Å². The highest BCUT2D eigenvalue weighted by molar-refractivity contribution is 5.77. The van der Waals surface area contributed by atoms with Crippen LogP contribution in [0.1, 0.15) is 6.92 Å². The molecule has 0 aliphatic carbocycles. The van der Waals surface area contributed by atoms with Crippen molar-refractivity contribution < 1.29 is 9.90 Å². The minimum absolute atomic E-state index is 0.527. The number of hydrogen-bond acceptors (Lipinski definition) is 2. The number of hydrogen-bond donors (Lipinski definition) is 2. The van der Waals surface area contributed by atoms with Crippen molar-refractivity contribution in [3.8, 4) is 0 Å². The average Bonchev–Trinajstić information content (AvgIpc) is 1.89. The zero-order valence-corrected chi connectivity index (χ0v) is 5.92. The van der Waals surface area contributed by atoms with E-state index < -0.39 is 11.4 Å². The first kappa shape index (κ1) is 7.28. The second-order valence-corrected chi connectivity index (χ2v) is 2.76. The molecule has 0 saturated heterocycles. The molecule has 1 heterocycles. The molecule has 0 aromatic rings. The van der Waals surface area contributed by atoms with Gasteiger partial charge in [-0.25, -0.2) is 0 Å². The summed E-state index contributed by atoms with van der Waals surface area (Å²) in [5.41, 5.74) is -0.696. The van der Waals surface area contributed by atoms with E-state index in [4.69, 9.17) is 5.11 Å². The van der Waals surface area contributed by atoms with Crippen molar-refractivity contribution >= 4 is 5.97 Å². The van der Waals surface area contributed by atoms with Gasteiger partial charge in [-0.2, -0.15) is 0 Å². The van der Waals surface area contributed by atoms with Crippen LogP contribution in [-0.4, -0.2) is 24.2 Å². The Labute approximate surface area is 59.7 Å². The Kier molecular flexibility index (Phi) is 1.76. The highest BCUT2D eigenvalue weighted by Gasteiger charge is 2.30. The summed E-state index contributed by atoms with van der Waals surface area (Å²) >= 11 is 0. The average molecular weight is 141 g/mol. The molecule has 1 aliphatic rings. The first-order chi connectivity index (χ1) is 4.65. The molecule has 0 aromatic heterocycles. The molecule has 0 fully saturated rings. The maximum atomic E-state index is 10.6. The Balaban J connectivity index is 2.75. The number of rotatable bonds is 1. The number of nitrogens with one attached hydrogen (secondary N) is 1. The van der Waals surface area contributed by atoms with Crippen LogP contribution in [0, 0.1) is 5.41 Å². The van der Waals surface area contributed by atoms with Crippen molar-refractivity contribution in [1.82, 2.24) is 5.32 Å². The number of carboxylic acid groups (broad SMARTS) is 1. The molecule has 3 heteroatoms. The highest BCUT2D eigenvalue weighted by Crippen LogP contribution is 2.19. The van der Waals surface area contributed by atoms with E-state index in [1.165, 1.54) is 0 Å². The van der Waals surface area contributed by atoms with Crippen LogP contribution in [0.5, 0.6) is 0 Å². The second-order valence-electron chi connectivity index (χ2n) is 2.76. The summed E-state index contributed by atoms with van der Waals surface area (Å²) in [7, 11) is 0. The predicted octanol–water partition coefficient (Wildman–Crippen LogP) is 0.237. The van der Waals surface area contributed by atoms with E-state index >= 15 is 0 Å². The van der Waals surface area contributed by atoms with Gasteiger partial charge in [0.2, 0.25) is 0 Å². The Morgan fingerprint density at radius 2 is 2.50 bits per heavy atom. The summed E-state index contributed by atoms with van der Waals surface area (Å²) in [6, 6.07) is 0. The van der Waals surface area contributed by atoms with E-state index in [9.17, 15) is 4.79 Å². The first-order valence-electron chi connectivity index (χ1n) is 3.27. The lowest BCUT2D eigenvalue weighted by Gasteiger charge is -2.24. The topological polar surface area (TPSA) is 49.3 Å². The van der Waals surface area contributed by atoms with Crippen molar-refractivity contribution in [1.29, 1.82) is 0 Å². The van der Waals surface area contributed by atoms with Gasteiger partial charge in [0, 0.05) is 13.1 Å². The largest absolute Gasteiger partial charge is 0.481 e. The fourth-order valence-corrected chi connectivity index (χ4v) is 0.940. The summed E-state index contributed by atoms with van der Waals surface area (Å²) < 4.78 is 0. The molecule has 3 nitrogen and oxygen atoms in total. The first-order valence-corrected chi connectivity index (χ1v) is 3.27. The van der Waals surface area contributed by atoms with Crippen LogP contribution in [0.15, 0.2) is 12.2 Å². The Morgan fingerprint density at radius 3 is 2.80 bits per heavy atom. The molecule has 56 valence electrons. The van der Waals surface area contributed by atoms with Gasteiger partial charge in [-0.05, 0) is 6.92 Å². The van der Waals surface area contributed by atoms with Gasteiger partial charge in [0.05, 0.1) is 5.41 Å². The van der Waals surface area contributed by atoms with E-state index in [1.54, 1.807) is 13.0 Å². The van der Waals surface area contributed by atoms with Crippen LogP contribution in [0.25, 0.3) is 0 Å². The van der Waals surface area contributed by atoms with Crippen molar-refractivity contribution in [2.75, 3.05) is 13.1 Å². The van der Waals surface area contributed by atoms with Crippen LogP contribution in [0.2, 0.25) is 0 Å². The molecule has 1 aliphatic heterocycles. The van der Waals surface area contributed by atoms with Gasteiger partial charge < -0.3 is 10.4 Å². The zero-order chi connectivity index (χ0) is 7.61. The normalized spacial score (nSPS) is 32.1. The number of carbonyl (C=O) groups is 1. The maximum absolute atomic E-state index is 10.6. The summed E-state index contributed by atoms with van der Waals surface area (Å²) in [6.07, 6.45) is 3.59. The van der Waals surface area contributed by atoms with Crippen LogP contribution in [-0.2, 0) is 4.79 Å².